The van der Waals surface area contributed by atoms with Gasteiger partial charge in [0.05, 0.1) is 19.3 Å². The van der Waals surface area contributed by atoms with Crippen molar-refractivity contribution in [2.24, 2.45) is 17.6 Å². The van der Waals surface area contributed by atoms with Crippen LogP contribution < -0.4 is 22.0 Å². The number of hydroxylamine groups is 2. The SMILES string of the molecule is CCONC(=O)[C@@H](N)C(C)C.CCONC(=O)[C@@H](NC(=O)OC(C)(C)C)C(C)C. The molecule has 172 valence electrons. The Morgan fingerprint density at radius 1 is 0.862 bits per heavy atom. The maximum atomic E-state index is 11.7. The highest BCUT2D eigenvalue weighted by Crippen LogP contribution is 2.08. The number of carbonyl (C=O) groups excluding carboxylic acids is 3. The molecule has 0 aromatic heterocycles. The van der Waals surface area contributed by atoms with Crippen molar-refractivity contribution in [3.8, 4) is 0 Å². The summed E-state index contributed by atoms with van der Waals surface area (Å²) in [6.07, 6.45) is -0.618. The molecule has 0 aromatic rings. The van der Waals surface area contributed by atoms with E-state index in [1.807, 2.05) is 27.7 Å². The first-order valence-electron chi connectivity index (χ1n) is 9.85. The van der Waals surface area contributed by atoms with Crippen LogP contribution in [0.25, 0.3) is 0 Å². The predicted octanol–water partition coefficient (Wildman–Crippen LogP) is 1.64. The monoisotopic (exact) mass is 420 g/mol. The molecule has 0 saturated carbocycles. The minimum atomic E-state index is -0.689. The smallest absolute Gasteiger partial charge is 0.408 e. The molecule has 2 atom stereocenters. The number of nitrogens with two attached hydrogens (primary N) is 1. The van der Waals surface area contributed by atoms with Crippen molar-refractivity contribution in [3.63, 3.8) is 0 Å². The zero-order chi connectivity index (χ0) is 23.2. The van der Waals surface area contributed by atoms with E-state index in [9.17, 15) is 14.4 Å². The standard InChI is InChI=1S/C12H24N2O4.C7H16N2O2/c1-7-17-14-10(15)9(8(2)3)13-11(16)18-12(4,5)6;1-4-11-9-7(10)6(8)5(2)3/h8-9H,7H2,1-6H3,(H,13,16)(H,14,15);5-6H,4,8H2,1-3H3,(H,9,10)/t9-;6-/m00/s1. The van der Waals surface area contributed by atoms with Crippen LogP contribution in [0.5, 0.6) is 0 Å². The highest BCUT2D eigenvalue weighted by molar-refractivity contribution is 5.85. The fraction of sp³-hybridized carbons (Fsp3) is 0.842. The lowest BCUT2D eigenvalue weighted by atomic mass is 10.0. The summed E-state index contributed by atoms with van der Waals surface area (Å²) in [4.78, 5) is 43.8. The summed E-state index contributed by atoms with van der Waals surface area (Å²) in [5.74, 6) is -0.590. The molecule has 0 saturated heterocycles. The van der Waals surface area contributed by atoms with Gasteiger partial charge in [-0.15, -0.1) is 0 Å². The maximum Gasteiger partial charge on any atom is 0.408 e. The first kappa shape index (κ1) is 29.3. The number of nitrogens with one attached hydrogen (secondary N) is 3. The summed E-state index contributed by atoms with van der Waals surface area (Å²) in [7, 11) is 0. The van der Waals surface area contributed by atoms with Crippen molar-refractivity contribution < 1.29 is 28.8 Å². The van der Waals surface area contributed by atoms with Gasteiger partial charge >= 0.3 is 6.09 Å². The van der Waals surface area contributed by atoms with Crippen LogP contribution in [0.2, 0.25) is 0 Å². The number of hydrogen-bond donors (Lipinski definition) is 4. The van der Waals surface area contributed by atoms with Crippen molar-refractivity contribution in [2.75, 3.05) is 13.2 Å². The highest BCUT2D eigenvalue weighted by atomic mass is 16.7. The van der Waals surface area contributed by atoms with Gasteiger partial charge in [0.25, 0.3) is 11.8 Å². The van der Waals surface area contributed by atoms with Crippen LogP contribution in [0, 0.1) is 11.8 Å². The van der Waals surface area contributed by atoms with Gasteiger partial charge in [-0.05, 0) is 46.5 Å². The molecule has 29 heavy (non-hydrogen) atoms. The van der Waals surface area contributed by atoms with Gasteiger partial charge in [-0.1, -0.05) is 27.7 Å². The van der Waals surface area contributed by atoms with E-state index in [1.54, 1.807) is 34.6 Å². The second-order valence-corrected chi connectivity index (χ2v) is 7.94. The van der Waals surface area contributed by atoms with E-state index in [2.05, 4.69) is 21.1 Å². The summed E-state index contributed by atoms with van der Waals surface area (Å²) >= 11 is 0. The largest absolute Gasteiger partial charge is 0.444 e. The average Bonchev–Trinajstić information content (AvgIpc) is 2.60. The van der Waals surface area contributed by atoms with E-state index in [0.717, 1.165) is 0 Å². The van der Waals surface area contributed by atoms with Gasteiger partial charge in [0, 0.05) is 0 Å². The molecule has 0 unspecified atom stereocenters. The molecule has 0 heterocycles. The molecule has 0 fully saturated rings. The minimum Gasteiger partial charge on any atom is -0.444 e. The number of hydrogen-bond acceptors (Lipinski definition) is 7. The van der Waals surface area contributed by atoms with Gasteiger partial charge in [-0.25, -0.2) is 15.8 Å². The lowest BCUT2D eigenvalue weighted by Gasteiger charge is -2.24. The lowest BCUT2D eigenvalue weighted by molar-refractivity contribution is -0.136. The van der Waals surface area contributed by atoms with Gasteiger partial charge in [0.1, 0.15) is 11.6 Å². The van der Waals surface area contributed by atoms with Gasteiger partial charge in [-0.2, -0.15) is 0 Å². The van der Waals surface area contributed by atoms with Crippen molar-refractivity contribution in [1.82, 2.24) is 16.3 Å². The van der Waals surface area contributed by atoms with Crippen LogP contribution >= 0.6 is 0 Å². The maximum absolute atomic E-state index is 11.7. The number of alkyl carbamates (subject to hydrolysis) is 1. The Morgan fingerprint density at radius 2 is 1.31 bits per heavy atom. The van der Waals surface area contributed by atoms with Crippen LogP contribution in [0.3, 0.4) is 0 Å². The first-order valence-corrected chi connectivity index (χ1v) is 9.85. The van der Waals surface area contributed by atoms with Crippen LogP contribution in [0.1, 0.15) is 62.3 Å². The molecule has 5 N–H and O–H groups in total. The molecule has 0 spiro atoms. The summed E-state index contributed by atoms with van der Waals surface area (Å²) in [5.41, 5.74) is 9.44. The van der Waals surface area contributed by atoms with E-state index in [-0.39, 0.29) is 17.7 Å². The predicted molar refractivity (Wildman–Crippen MR) is 110 cm³/mol. The van der Waals surface area contributed by atoms with Crippen LogP contribution in [-0.4, -0.2) is 48.8 Å². The Morgan fingerprint density at radius 3 is 1.66 bits per heavy atom. The molecule has 10 nitrogen and oxygen atoms in total. The van der Waals surface area contributed by atoms with Crippen LogP contribution in [0.4, 0.5) is 4.79 Å². The average molecular weight is 421 g/mol. The van der Waals surface area contributed by atoms with Crippen LogP contribution in [0.15, 0.2) is 0 Å². The number of rotatable bonds is 9. The fourth-order valence-electron chi connectivity index (χ4n) is 1.69. The second-order valence-electron chi connectivity index (χ2n) is 7.94. The normalized spacial score (nSPS) is 13.1. The first-order chi connectivity index (χ1) is 13.3. The van der Waals surface area contributed by atoms with Crippen LogP contribution in [-0.2, 0) is 24.0 Å². The van der Waals surface area contributed by atoms with Crippen molar-refractivity contribution in [3.05, 3.63) is 0 Å². The lowest BCUT2D eigenvalue weighted by Crippen LogP contribution is -2.50. The van der Waals surface area contributed by atoms with Crippen molar-refractivity contribution >= 4 is 17.9 Å². The summed E-state index contributed by atoms with van der Waals surface area (Å²) in [6, 6.07) is -1.17. The van der Waals surface area contributed by atoms with E-state index in [4.69, 9.17) is 15.3 Å². The quantitative estimate of drug-likeness (QED) is 0.416. The molecule has 3 amide bonds. The number of carbonyl (C=O) groups is 3. The molecule has 10 heteroatoms. The summed E-state index contributed by atoms with van der Waals surface area (Å²) in [5, 5.41) is 2.53. The van der Waals surface area contributed by atoms with E-state index < -0.39 is 29.7 Å². The fourth-order valence-corrected chi connectivity index (χ4v) is 1.69. The van der Waals surface area contributed by atoms with E-state index >= 15 is 0 Å². The molecular formula is C19H40N4O6. The van der Waals surface area contributed by atoms with E-state index in [0.29, 0.717) is 13.2 Å². The summed E-state index contributed by atoms with van der Waals surface area (Å²) in [6.45, 7) is 17.1. The van der Waals surface area contributed by atoms with Crippen molar-refractivity contribution in [1.29, 1.82) is 0 Å². The highest BCUT2D eigenvalue weighted by Gasteiger charge is 2.26. The van der Waals surface area contributed by atoms with Gasteiger partial charge in [0.15, 0.2) is 0 Å². The third-order valence-electron chi connectivity index (χ3n) is 3.28. The van der Waals surface area contributed by atoms with E-state index in [1.165, 1.54) is 0 Å². The molecule has 0 radical (unpaired) electrons. The third-order valence-corrected chi connectivity index (χ3v) is 3.28. The Kier molecular flexibility index (Phi) is 15.2. The second kappa shape index (κ2) is 15.0. The summed E-state index contributed by atoms with van der Waals surface area (Å²) < 4.78 is 5.10. The Bertz CT molecular complexity index is 492. The molecular weight excluding hydrogens is 380 g/mol. The molecule has 0 aromatic carbocycles. The zero-order valence-electron chi connectivity index (χ0n) is 19.3. The number of ether oxygens (including phenoxy) is 1. The molecule has 0 aliphatic heterocycles. The third kappa shape index (κ3) is 15.7. The molecule has 0 aliphatic rings. The Balaban J connectivity index is 0. The Hall–Kier alpha value is -1.91. The van der Waals surface area contributed by atoms with Gasteiger partial charge in [0.2, 0.25) is 0 Å². The Labute approximate surface area is 174 Å². The van der Waals surface area contributed by atoms with Gasteiger partial charge < -0.3 is 15.8 Å². The van der Waals surface area contributed by atoms with Gasteiger partial charge in [-0.3, -0.25) is 19.3 Å². The topological polar surface area (TPSA) is 141 Å². The van der Waals surface area contributed by atoms with Crippen molar-refractivity contribution in [2.45, 2.75) is 80.0 Å². The molecule has 0 rings (SSSR count). The molecule has 0 aliphatic carbocycles. The molecule has 0 bridgehead atoms. The zero-order valence-corrected chi connectivity index (χ0v) is 19.3. The minimum absolute atomic E-state index is 0.0713. The number of amides is 3.